The number of hydrogen-bond acceptors (Lipinski definition) is 4. The van der Waals surface area contributed by atoms with Crippen LogP contribution in [0.2, 0.25) is 0 Å². The van der Waals surface area contributed by atoms with Crippen molar-refractivity contribution in [3.05, 3.63) is 36.5 Å². The van der Waals surface area contributed by atoms with E-state index in [0.717, 1.165) is 6.42 Å². The number of sulfonamides is 1. The van der Waals surface area contributed by atoms with Gasteiger partial charge in [0.05, 0.1) is 10.4 Å². The van der Waals surface area contributed by atoms with Crippen molar-refractivity contribution in [2.45, 2.75) is 24.3 Å². The summed E-state index contributed by atoms with van der Waals surface area (Å²) in [4.78, 5) is 4.55. The van der Waals surface area contributed by atoms with E-state index in [9.17, 15) is 8.42 Å². The largest absolute Gasteiger partial charge is 0.328 e. The normalized spacial score (nSPS) is 20.7. The lowest BCUT2D eigenvalue weighted by Crippen LogP contribution is -2.33. The second-order valence-electron chi connectivity index (χ2n) is 5.60. The number of rotatable bonds is 3. The highest BCUT2D eigenvalue weighted by Gasteiger charge is 2.34. The summed E-state index contributed by atoms with van der Waals surface area (Å²) >= 11 is 0. The van der Waals surface area contributed by atoms with Gasteiger partial charge in [-0.25, -0.2) is 8.42 Å². The predicted molar refractivity (Wildman–Crippen MR) is 89.5 cm³/mol. The monoisotopic (exact) mass is 341 g/mol. The minimum Gasteiger partial charge on any atom is -0.328 e. The summed E-state index contributed by atoms with van der Waals surface area (Å²) in [6.07, 6.45) is 2.49. The van der Waals surface area contributed by atoms with E-state index in [4.69, 9.17) is 5.73 Å². The Labute approximate surface area is 137 Å². The van der Waals surface area contributed by atoms with Gasteiger partial charge in [-0.05, 0) is 43.5 Å². The third kappa shape index (κ3) is 2.96. The molecule has 0 radical (unpaired) electrons. The number of benzene rings is 1. The molecule has 5 nitrogen and oxygen atoms in total. The molecule has 0 bridgehead atoms. The third-order valence-electron chi connectivity index (χ3n) is 4.15. The molecule has 2 aromatic rings. The SMILES string of the molecule is CC(N)C1CCN(S(=O)(=O)c2cccc3ncccc23)C1.Cl. The smallest absolute Gasteiger partial charge is 0.243 e. The molecule has 120 valence electrons. The first-order chi connectivity index (χ1) is 10.00. The van der Waals surface area contributed by atoms with Crippen molar-refractivity contribution in [3.63, 3.8) is 0 Å². The zero-order chi connectivity index (χ0) is 15.0. The lowest BCUT2D eigenvalue weighted by Gasteiger charge is -2.19. The summed E-state index contributed by atoms with van der Waals surface area (Å²) in [6, 6.07) is 8.78. The maximum absolute atomic E-state index is 12.9. The zero-order valence-corrected chi connectivity index (χ0v) is 14.0. The van der Waals surface area contributed by atoms with Crippen molar-refractivity contribution in [1.82, 2.24) is 9.29 Å². The highest BCUT2D eigenvalue weighted by Crippen LogP contribution is 2.29. The van der Waals surface area contributed by atoms with Gasteiger partial charge in [-0.2, -0.15) is 4.31 Å². The van der Waals surface area contributed by atoms with Crippen molar-refractivity contribution < 1.29 is 8.42 Å². The molecule has 1 saturated heterocycles. The molecule has 0 aliphatic carbocycles. The first-order valence-electron chi connectivity index (χ1n) is 7.09. The Kier molecular flexibility index (Phi) is 5.07. The Morgan fingerprint density at radius 1 is 1.32 bits per heavy atom. The van der Waals surface area contributed by atoms with Gasteiger partial charge in [0.25, 0.3) is 0 Å². The fourth-order valence-electron chi connectivity index (χ4n) is 2.84. The Hall–Kier alpha value is -1.21. The average molecular weight is 342 g/mol. The number of nitrogens with zero attached hydrogens (tertiary/aromatic N) is 2. The van der Waals surface area contributed by atoms with Gasteiger partial charge in [-0.3, -0.25) is 4.98 Å². The van der Waals surface area contributed by atoms with E-state index in [2.05, 4.69) is 4.98 Å². The van der Waals surface area contributed by atoms with Gasteiger partial charge < -0.3 is 5.73 Å². The molecular formula is C15H20ClN3O2S. The standard InChI is InChI=1S/C15H19N3O2S.ClH/c1-11(16)12-7-9-18(10-12)21(19,20)15-6-2-5-14-13(15)4-3-8-17-14;/h2-6,8,11-12H,7,9-10,16H2,1H3;1H. The van der Waals surface area contributed by atoms with E-state index in [0.29, 0.717) is 28.9 Å². The van der Waals surface area contributed by atoms with Crippen LogP contribution in [-0.2, 0) is 10.0 Å². The lowest BCUT2D eigenvalue weighted by molar-refractivity contribution is 0.429. The quantitative estimate of drug-likeness (QED) is 0.926. The topological polar surface area (TPSA) is 76.3 Å². The summed E-state index contributed by atoms with van der Waals surface area (Å²) in [7, 11) is -3.49. The fourth-order valence-corrected chi connectivity index (χ4v) is 4.55. The second kappa shape index (κ2) is 6.50. The molecular weight excluding hydrogens is 322 g/mol. The number of aromatic nitrogens is 1. The molecule has 2 heterocycles. The van der Waals surface area contributed by atoms with Crippen LogP contribution >= 0.6 is 12.4 Å². The highest BCUT2D eigenvalue weighted by atomic mass is 35.5. The molecule has 3 rings (SSSR count). The molecule has 7 heteroatoms. The van der Waals surface area contributed by atoms with Gasteiger partial charge in [0, 0.05) is 30.7 Å². The molecule has 1 fully saturated rings. The molecule has 1 aromatic heterocycles. The maximum Gasteiger partial charge on any atom is 0.243 e. The fraction of sp³-hybridized carbons (Fsp3) is 0.400. The van der Waals surface area contributed by atoms with Crippen molar-refractivity contribution >= 4 is 33.3 Å². The van der Waals surface area contributed by atoms with Crippen molar-refractivity contribution in [3.8, 4) is 0 Å². The van der Waals surface area contributed by atoms with E-state index < -0.39 is 10.0 Å². The molecule has 1 aliphatic rings. The van der Waals surface area contributed by atoms with E-state index in [1.54, 1.807) is 34.8 Å². The summed E-state index contributed by atoms with van der Waals surface area (Å²) in [6.45, 7) is 2.96. The molecule has 1 aromatic carbocycles. The van der Waals surface area contributed by atoms with Crippen molar-refractivity contribution in [1.29, 1.82) is 0 Å². The number of hydrogen-bond donors (Lipinski definition) is 1. The van der Waals surface area contributed by atoms with Crippen LogP contribution in [0.15, 0.2) is 41.4 Å². The molecule has 0 amide bonds. The molecule has 1 aliphatic heterocycles. The Bertz CT molecular complexity index is 759. The Morgan fingerprint density at radius 2 is 2.09 bits per heavy atom. The van der Waals surface area contributed by atoms with Crippen LogP contribution in [0, 0.1) is 5.92 Å². The number of nitrogens with two attached hydrogens (primary N) is 1. The number of fused-ring (bicyclic) bond motifs is 1. The van der Waals surface area contributed by atoms with Gasteiger partial charge in [-0.15, -0.1) is 12.4 Å². The van der Waals surface area contributed by atoms with Crippen LogP contribution in [0.3, 0.4) is 0 Å². The van der Waals surface area contributed by atoms with Crippen molar-refractivity contribution in [2.24, 2.45) is 11.7 Å². The maximum atomic E-state index is 12.9. The second-order valence-corrected chi connectivity index (χ2v) is 7.50. The minimum absolute atomic E-state index is 0. The first kappa shape index (κ1) is 17.1. The summed E-state index contributed by atoms with van der Waals surface area (Å²) in [5.74, 6) is 0.230. The molecule has 0 spiro atoms. The van der Waals surface area contributed by atoms with Gasteiger partial charge in [-0.1, -0.05) is 6.07 Å². The van der Waals surface area contributed by atoms with Crippen LogP contribution < -0.4 is 5.73 Å². The third-order valence-corrected chi connectivity index (χ3v) is 6.08. The van der Waals surface area contributed by atoms with Gasteiger partial charge in [0.15, 0.2) is 0 Å². The summed E-state index contributed by atoms with van der Waals surface area (Å²) < 4.78 is 27.3. The highest BCUT2D eigenvalue weighted by molar-refractivity contribution is 7.89. The first-order valence-corrected chi connectivity index (χ1v) is 8.53. The zero-order valence-electron chi connectivity index (χ0n) is 12.3. The van der Waals surface area contributed by atoms with Crippen LogP contribution in [0.4, 0.5) is 0 Å². The van der Waals surface area contributed by atoms with Gasteiger partial charge >= 0.3 is 0 Å². The molecule has 22 heavy (non-hydrogen) atoms. The predicted octanol–water partition coefficient (Wildman–Crippen LogP) is 2.01. The average Bonchev–Trinajstić information content (AvgIpc) is 2.97. The molecule has 2 unspecified atom stereocenters. The van der Waals surface area contributed by atoms with Crippen LogP contribution in [0.25, 0.3) is 10.9 Å². The Morgan fingerprint density at radius 3 is 2.77 bits per heavy atom. The van der Waals surface area contributed by atoms with E-state index in [1.165, 1.54) is 0 Å². The van der Waals surface area contributed by atoms with E-state index >= 15 is 0 Å². The number of pyridine rings is 1. The summed E-state index contributed by atoms with van der Waals surface area (Å²) in [5.41, 5.74) is 6.60. The van der Waals surface area contributed by atoms with Crippen LogP contribution in [-0.4, -0.2) is 36.8 Å². The molecule has 2 N–H and O–H groups in total. The van der Waals surface area contributed by atoms with Crippen molar-refractivity contribution in [2.75, 3.05) is 13.1 Å². The lowest BCUT2D eigenvalue weighted by atomic mass is 10.0. The Balaban J connectivity index is 0.00000176. The van der Waals surface area contributed by atoms with Gasteiger partial charge in [0.2, 0.25) is 10.0 Å². The van der Waals surface area contributed by atoms with Crippen LogP contribution in [0.5, 0.6) is 0 Å². The van der Waals surface area contributed by atoms with Crippen LogP contribution in [0.1, 0.15) is 13.3 Å². The van der Waals surface area contributed by atoms with E-state index in [1.807, 2.05) is 13.0 Å². The summed E-state index contributed by atoms with van der Waals surface area (Å²) in [5, 5.41) is 0.671. The molecule has 0 saturated carbocycles. The minimum atomic E-state index is -3.49. The van der Waals surface area contributed by atoms with E-state index in [-0.39, 0.29) is 24.4 Å². The molecule has 2 atom stereocenters. The van der Waals surface area contributed by atoms with Gasteiger partial charge in [0.1, 0.15) is 0 Å². The number of halogens is 1.